The molecule has 2 rings (SSSR count). The van der Waals surface area contributed by atoms with Crippen molar-refractivity contribution in [1.29, 1.82) is 0 Å². The molecule has 37 heavy (non-hydrogen) atoms. The molecule has 0 saturated heterocycles. The molecule has 4 atom stereocenters. The number of carbonyl (C=O) groups excluding carboxylic acids is 3. The molecule has 0 radical (unpaired) electrons. The molecule has 2 aromatic rings. The summed E-state index contributed by atoms with van der Waals surface area (Å²) in [5, 5.41) is 18.4. The van der Waals surface area contributed by atoms with E-state index in [1.807, 2.05) is 44.4 Å². The Kier molecular flexibility index (Phi) is 12.3. The monoisotopic (exact) mass is 551 g/mol. The SMILES string of the molecule is CSCCC(NC(=O)C(CC(C)C)NC(=O)C(Cc1c[nH]c2ccccc12)NC(=O)C(N)CS)C(=O)O. The molecule has 204 valence electrons. The first kappa shape index (κ1) is 30.5. The van der Waals surface area contributed by atoms with Gasteiger partial charge >= 0.3 is 5.97 Å². The van der Waals surface area contributed by atoms with Gasteiger partial charge in [0.25, 0.3) is 0 Å². The van der Waals surface area contributed by atoms with Crippen LogP contribution in [0, 0.1) is 5.92 Å². The van der Waals surface area contributed by atoms with Crippen molar-refractivity contribution in [2.75, 3.05) is 17.8 Å². The number of hydrogen-bond donors (Lipinski definition) is 7. The Balaban J connectivity index is 2.27. The van der Waals surface area contributed by atoms with Crippen molar-refractivity contribution in [3.8, 4) is 0 Å². The molecular weight excluding hydrogens is 514 g/mol. The lowest BCUT2D eigenvalue weighted by molar-refractivity contribution is -0.142. The Labute approximate surface area is 226 Å². The quantitative estimate of drug-likeness (QED) is 0.164. The summed E-state index contributed by atoms with van der Waals surface area (Å²) in [5.41, 5.74) is 7.51. The number of carboxylic acids is 1. The lowest BCUT2D eigenvalue weighted by Crippen LogP contribution is -2.58. The molecule has 0 saturated carbocycles. The van der Waals surface area contributed by atoms with E-state index in [0.717, 1.165) is 16.5 Å². The van der Waals surface area contributed by atoms with E-state index in [1.54, 1.807) is 6.20 Å². The number of thioether (sulfide) groups is 1. The van der Waals surface area contributed by atoms with E-state index in [0.29, 0.717) is 5.75 Å². The lowest BCUT2D eigenvalue weighted by Gasteiger charge is -2.26. The van der Waals surface area contributed by atoms with Crippen LogP contribution in [0.2, 0.25) is 0 Å². The number of aromatic nitrogens is 1. The third kappa shape index (κ3) is 9.28. The molecule has 0 aliphatic heterocycles. The van der Waals surface area contributed by atoms with Gasteiger partial charge < -0.3 is 31.8 Å². The number of aromatic amines is 1. The van der Waals surface area contributed by atoms with Crippen LogP contribution in [0.1, 0.15) is 32.3 Å². The van der Waals surface area contributed by atoms with Crippen molar-refractivity contribution >= 4 is 59.0 Å². The van der Waals surface area contributed by atoms with Gasteiger partial charge in [0.1, 0.15) is 18.1 Å². The number of rotatable bonds is 15. The Bertz CT molecular complexity index is 1080. The zero-order chi connectivity index (χ0) is 27.5. The summed E-state index contributed by atoms with van der Waals surface area (Å²) in [4.78, 5) is 53.9. The van der Waals surface area contributed by atoms with Crippen molar-refractivity contribution in [2.45, 2.75) is 57.3 Å². The highest BCUT2D eigenvalue weighted by Crippen LogP contribution is 2.19. The van der Waals surface area contributed by atoms with Crippen molar-refractivity contribution in [1.82, 2.24) is 20.9 Å². The zero-order valence-electron chi connectivity index (χ0n) is 21.3. The van der Waals surface area contributed by atoms with Crippen LogP contribution in [0.15, 0.2) is 30.5 Å². The van der Waals surface area contributed by atoms with Crippen LogP contribution in [0.3, 0.4) is 0 Å². The molecule has 1 aromatic carbocycles. The molecule has 0 fully saturated rings. The summed E-state index contributed by atoms with van der Waals surface area (Å²) < 4.78 is 0. The van der Waals surface area contributed by atoms with Crippen LogP contribution in [-0.2, 0) is 25.6 Å². The number of benzene rings is 1. The van der Waals surface area contributed by atoms with E-state index in [2.05, 4.69) is 33.6 Å². The number of thiol groups is 1. The number of H-pyrrole nitrogens is 1. The van der Waals surface area contributed by atoms with Gasteiger partial charge in [0.2, 0.25) is 17.7 Å². The standard InChI is InChI=1S/C25H37N5O5S2/c1-14(2)10-20(23(32)28-19(25(34)35)8-9-37-3)30-24(33)21(29-22(31)17(26)13-36)11-15-12-27-18-7-5-4-6-16(15)18/h4-7,12,14,17,19-21,27,36H,8-11,13,26H2,1-3H3,(H,28,32)(H,29,31)(H,30,33)(H,34,35). The third-order valence-electron chi connectivity index (χ3n) is 5.83. The van der Waals surface area contributed by atoms with Gasteiger partial charge in [-0.1, -0.05) is 32.0 Å². The molecule has 7 N–H and O–H groups in total. The van der Waals surface area contributed by atoms with Crippen LogP contribution in [0.4, 0.5) is 0 Å². The van der Waals surface area contributed by atoms with Gasteiger partial charge in [0.15, 0.2) is 0 Å². The van der Waals surface area contributed by atoms with Crippen LogP contribution < -0.4 is 21.7 Å². The van der Waals surface area contributed by atoms with Gasteiger partial charge in [-0.15, -0.1) is 0 Å². The summed E-state index contributed by atoms with van der Waals surface area (Å²) in [5.74, 6) is -2.14. The molecule has 0 aliphatic rings. The van der Waals surface area contributed by atoms with E-state index in [9.17, 15) is 24.3 Å². The maximum Gasteiger partial charge on any atom is 0.326 e. The van der Waals surface area contributed by atoms with Crippen LogP contribution in [-0.4, -0.2) is 75.7 Å². The summed E-state index contributed by atoms with van der Waals surface area (Å²) in [7, 11) is 0. The average Bonchev–Trinajstić information content (AvgIpc) is 3.27. The lowest BCUT2D eigenvalue weighted by atomic mass is 10.00. The van der Waals surface area contributed by atoms with E-state index in [-0.39, 0.29) is 30.9 Å². The fourth-order valence-electron chi connectivity index (χ4n) is 3.83. The van der Waals surface area contributed by atoms with E-state index in [1.165, 1.54) is 11.8 Å². The number of nitrogens with two attached hydrogens (primary N) is 1. The minimum Gasteiger partial charge on any atom is -0.480 e. The topological polar surface area (TPSA) is 166 Å². The molecular formula is C25H37N5O5S2. The molecule has 4 unspecified atom stereocenters. The van der Waals surface area contributed by atoms with Crippen molar-refractivity contribution < 1.29 is 24.3 Å². The third-order valence-corrected chi connectivity index (χ3v) is 6.87. The summed E-state index contributed by atoms with van der Waals surface area (Å²) in [6, 6.07) is 3.60. The van der Waals surface area contributed by atoms with Crippen LogP contribution in [0.25, 0.3) is 10.9 Å². The fourth-order valence-corrected chi connectivity index (χ4v) is 4.47. The molecule has 3 amide bonds. The largest absolute Gasteiger partial charge is 0.480 e. The first-order valence-corrected chi connectivity index (χ1v) is 14.1. The second kappa shape index (κ2) is 14.9. The summed E-state index contributed by atoms with van der Waals surface area (Å²) in [6.45, 7) is 3.79. The summed E-state index contributed by atoms with van der Waals surface area (Å²) in [6.07, 6.45) is 4.32. The van der Waals surface area contributed by atoms with E-state index >= 15 is 0 Å². The van der Waals surface area contributed by atoms with Crippen molar-refractivity contribution in [3.05, 3.63) is 36.0 Å². The number of carboxylic acid groups (broad SMARTS) is 1. The number of aliphatic carboxylic acids is 1. The first-order valence-electron chi connectivity index (χ1n) is 12.1. The van der Waals surface area contributed by atoms with Gasteiger partial charge in [0, 0.05) is 29.3 Å². The molecule has 0 bridgehead atoms. The first-order chi connectivity index (χ1) is 17.6. The average molecular weight is 552 g/mol. The summed E-state index contributed by atoms with van der Waals surface area (Å²) >= 11 is 5.54. The Morgan fingerprint density at radius 3 is 2.27 bits per heavy atom. The highest BCUT2D eigenvalue weighted by Gasteiger charge is 2.31. The number of para-hydroxylation sites is 1. The second-order valence-electron chi connectivity index (χ2n) is 9.29. The van der Waals surface area contributed by atoms with Crippen molar-refractivity contribution in [2.24, 2.45) is 11.7 Å². The maximum absolute atomic E-state index is 13.4. The van der Waals surface area contributed by atoms with Crippen molar-refractivity contribution in [3.63, 3.8) is 0 Å². The molecule has 12 heteroatoms. The van der Waals surface area contributed by atoms with Gasteiger partial charge in [-0.2, -0.15) is 24.4 Å². The predicted octanol–water partition coefficient (Wildman–Crippen LogP) is 1.31. The fraction of sp³-hybridized carbons (Fsp3) is 0.520. The highest BCUT2D eigenvalue weighted by molar-refractivity contribution is 7.98. The maximum atomic E-state index is 13.4. The predicted molar refractivity (Wildman–Crippen MR) is 150 cm³/mol. The van der Waals surface area contributed by atoms with Gasteiger partial charge in [0.05, 0.1) is 6.04 Å². The Morgan fingerprint density at radius 1 is 1.03 bits per heavy atom. The number of fused-ring (bicyclic) bond motifs is 1. The molecule has 1 aromatic heterocycles. The molecule has 10 nitrogen and oxygen atoms in total. The molecule has 0 aliphatic carbocycles. The highest BCUT2D eigenvalue weighted by atomic mass is 32.2. The Morgan fingerprint density at radius 2 is 1.65 bits per heavy atom. The van der Waals surface area contributed by atoms with E-state index in [4.69, 9.17) is 5.73 Å². The van der Waals surface area contributed by atoms with Crippen LogP contribution in [0.5, 0.6) is 0 Å². The minimum absolute atomic E-state index is 0.0322. The number of nitrogens with one attached hydrogen (secondary N) is 4. The second-order valence-corrected chi connectivity index (χ2v) is 10.6. The van der Waals surface area contributed by atoms with Gasteiger partial charge in [-0.25, -0.2) is 4.79 Å². The van der Waals surface area contributed by atoms with Gasteiger partial charge in [-0.05, 0) is 42.4 Å². The number of hydrogen-bond acceptors (Lipinski definition) is 7. The minimum atomic E-state index is -1.14. The van der Waals surface area contributed by atoms with Crippen LogP contribution >= 0.6 is 24.4 Å². The van der Waals surface area contributed by atoms with E-state index < -0.39 is 47.9 Å². The Hall–Kier alpha value is -2.70. The number of carbonyl (C=O) groups is 4. The van der Waals surface area contributed by atoms with Gasteiger partial charge in [-0.3, -0.25) is 14.4 Å². The molecule has 1 heterocycles. The normalized spacial score (nSPS) is 14.5. The smallest absolute Gasteiger partial charge is 0.326 e. The number of amides is 3. The molecule has 0 spiro atoms. The zero-order valence-corrected chi connectivity index (χ0v) is 23.0.